The van der Waals surface area contributed by atoms with Crippen LogP contribution in [0.3, 0.4) is 0 Å². The van der Waals surface area contributed by atoms with E-state index in [2.05, 4.69) is 10.6 Å². The van der Waals surface area contributed by atoms with Gasteiger partial charge in [0.25, 0.3) is 0 Å². The quantitative estimate of drug-likeness (QED) is 0.769. The summed E-state index contributed by atoms with van der Waals surface area (Å²) in [6.07, 6.45) is 5.58. The maximum Gasteiger partial charge on any atom is 0.227 e. The number of carbonyl (C=O) groups is 1. The van der Waals surface area contributed by atoms with Gasteiger partial charge in [0.05, 0.1) is 14.2 Å². The molecule has 0 unspecified atom stereocenters. The average molecular weight is 354 g/mol. The first kappa shape index (κ1) is 18.1. The largest absolute Gasteiger partial charge is 0.493 e. The molecule has 0 heterocycles. The SMILES string of the molecule is COc1ccc(Nc2ccc(NC(=O)C3CCCCC3)cc2)cc1OC. The Morgan fingerprint density at radius 2 is 1.46 bits per heavy atom. The molecule has 2 aromatic carbocycles. The van der Waals surface area contributed by atoms with Gasteiger partial charge in [-0.3, -0.25) is 4.79 Å². The van der Waals surface area contributed by atoms with Gasteiger partial charge in [-0.1, -0.05) is 19.3 Å². The third-order valence-electron chi connectivity index (χ3n) is 4.80. The van der Waals surface area contributed by atoms with Gasteiger partial charge < -0.3 is 20.1 Å². The normalized spacial score (nSPS) is 14.5. The topological polar surface area (TPSA) is 59.6 Å². The molecule has 1 saturated carbocycles. The Labute approximate surface area is 154 Å². The molecule has 0 aromatic heterocycles. The maximum absolute atomic E-state index is 12.3. The molecule has 0 aliphatic heterocycles. The van der Waals surface area contributed by atoms with Crippen molar-refractivity contribution in [2.24, 2.45) is 5.92 Å². The van der Waals surface area contributed by atoms with Crippen molar-refractivity contribution in [3.05, 3.63) is 42.5 Å². The summed E-state index contributed by atoms with van der Waals surface area (Å²) >= 11 is 0. The highest BCUT2D eigenvalue weighted by Crippen LogP contribution is 2.31. The molecule has 0 atom stereocenters. The third kappa shape index (κ3) is 4.48. The zero-order chi connectivity index (χ0) is 18.4. The van der Waals surface area contributed by atoms with E-state index in [1.54, 1.807) is 14.2 Å². The lowest BCUT2D eigenvalue weighted by molar-refractivity contribution is -0.120. The molecule has 0 bridgehead atoms. The molecule has 1 fully saturated rings. The second kappa shape index (κ2) is 8.61. The minimum absolute atomic E-state index is 0.144. The highest BCUT2D eigenvalue weighted by molar-refractivity contribution is 5.92. The van der Waals surface area contributed by atoms with Crippen LogP contribution in [-0.2, 0) is 4.79 Å². The fourth-order valence-electron chi connectivity index (χ4n) is 3.33. The summed E-state index contributed by atoms with van der Waals surface area (Å²) < 4.78 is 10.6. The van der Waals surface area contributed by atoms with Crippen LogP contribution in [0.2, 0.25) is 0 Å². The standard InChI is InChI=1S/C21H26N2O3/c1-25-19-13-12-18(14-20(19)26-2)22-16-8-10-17(11-9-16)23-21(24)15-6-4-3-5-7-15/h8-15,22H,3-7H2,1-2H3,(H,23,24). The number of nitrogens with one attached hydrogen (secondary N) is 2. The molecule has 1 aliphatic rings. The van der Waals surface area contributed by atoms with E-state index in [4.69, 9.17) is 9.47 Å². The van der Waals surface area contributed by atoms with E-state index in [-0.39, 0.29) is 11.8 Å². The van der Waals surface area contributed by atoms with Gasteiger partial charge in [0.2, 0.25) is 5.91 Å². The number of carbonyl (C=O) groups excluding carboxylic acids is 1. The van der Waals surface area contributed by atoms with Crippen molar-refractivity contribution >= 4 is 23.0 Å². The van der Waals surface area contributed by atoms with Crippen LogP contribution in [0.1, 0.15) is 32.1 Å². The fraction of sp³-hybridized carbons (Fsp3) is 0.381. The zero-order valence-electron chi connectivity index (χ0n) is 15.4. The first-order valence-electron chi connectivity index (χ1n) is 9.09. The molecule has 2 N–H and O–H groups in total. The van der Waals surface area contributed by atoms with Crippen LogP contribution < -0.4 is 20.1 Å². The fourth-order valence-corrected chi connectivity index (χ4v) is 3.33. The number of anilines is 3. The predicted molar refractivity (Wildman–Crippen MR) is 104 cm³/mol. The maximum atomic E-state index is 12.3. The number of ether oxygens (including phenoxy) is 2. The van der Waals surface area contributed by atoms with Crippen LogP contribution in [0.4, 0.5) is 17.1 Å². The van der Waals surface area contributed by atoms with Crippen LogP contribution in [0, 0.1) is 5.92 Å². The summed E-state index contributed by atoms with van der Waals surface area (Å²) in [6.45, 7) is 0. The number of methoxy groups -OCH3 is 2. The Hall–Kier alpha value is -2.69. The van der Waals surface area contributed by atoms with Gasteiger partial charge in [0, 0.05) is 29.0 Å². The Kier molecular flexibility index (Phi) is 6.00. The Morgan fingerprint density at radius 1 is 0.846 bits per heavy atom. The van der Waals surface area contributed by atoms with Crippen molar-refractivity contribution in [3.8, 4) is 11.5 Å². The molecular formula is C21H26N2O3. The van der Waals surface area contributed by atoms with Crippen LogP contribution in [0.15, 0.2) is 42.5 Å². The van der Waals surface area contributed by atoms with Crippen LogP contribution in [0.5, 0.6) is 11.5 Å². The smallest absolute Gasteiger partial charge is 0.227 e. The predicted octanol–water partition coefficient (Wildman–Crippen LogP) is 4.97. The lowest BCUT2D eigenvalue weighted by Crippen LogP contribution is -2.24. The Balaban J connectivity index is 1.61. The lowest BCUT2D eigenvalue weighted by atomic mass is 9.88. The van der Waals surface area contributed by atoms with Gasteiger partial charge in [-0.2, -0.15) is 0 Å². The number of amides is 1. The summed E-state index contributed by atoms with van der Waals surface area (Å²) in [5, 5.41) is 6.36. The van der Waals surface area contributed by atoms with E-state index in [1.807, 2.05) is 42.5 Å². The second-order valence-electron chi connectivity index (χ2n) is 6.60. The van der Waals surface area contributed by atoms with E-state index < -0.39 is 0 Å². The van der Waals surface area contributed by atoms with E-state index in [9.17, 15) is 4.79 Å². The van der Waals surface area contributed by atoms with Gasteiger partial charge >= 0.3 is 0 Å². The van der Waals surface area contributed by atoms with Crippen LogP contribution in [-0.4, -0.2) is 20.1 Å². The van der Waals surface area contributed by atoms with Crippen molar-refractivity contribution in [1.82, 2.24) is 0 Å². The summed E-state index contributed by atoms with van der Waals surface area (Å²) in [5.74, 6) is 1.67. The van der Waals surface area contributed by atoms with Gasteiger partial charge in [0.15, 0.2) is 11.5 Å². The summed E-state index contributed by atoms with van der Waals surface area (Å²) in [7, 11) is 3.23. The molecule has 2 aromatic rings. The lowest BCUT2D eigenvalue weighted by Gasteiger charge is -2.20. The van der Waals surface area contributed by atoms with Gasteiger partial charge in [0.1, 0.15) is 0 Å². The second-order valence-corrected chi connectivity index (χ2v) is 6.60. The first-order chi connectivity index (χ1) is 12.7. The molecular weight excluding hydrogens is 328 g/mol. The van der Waals surface area contributed by atoms with Crippen molar-refractivity contribution in [2.75, 3.05) is 24.9 Å². The summed E-state index contributed by atoms with van der Waals surface area (Å²) in [5.41, 5.74) is 2.67. The highest BCUT2D eigenvalue weighted by Gasteiger charge is 2.20. The van der Waals surface area contributed by atoms with Crippen molar-refractivity contribution in [2.45, 2.75) is 32.1 Å². The van der Waals surface area contributed by atoms with Crippen LogP contribution in [0.25, 0.3) is 0 Å². The number of rotatable bonds is 6. The summed E-state index contributed by atoms with van der Waals surface area (Å²) in [6, 6.07) is 13.4. The molecule has 1 amide bonds. The van der Waals surface area contributed by atoms with Gasteiger partial charge in [-0.25, -0.2) is 0 Å². The molecule has 138 valence electrons. The van der Waals surface area contributed by atoms with Crippen molar-refractivity contribution in [3.63, 3.8) is 0 Å². The number of benzene rings is 2. The van der Waals surface area contributed by atoms with E-state index in [0.29, 0.717) is 11.5 Å². The Bertz CT molecular complexity index is 737. The highest BCUT2D eigenvalue weighted by atomic mass is 16.5. The molecule has 3 rings (SSSR count). The van der Waals surface area contributed by atoms with Gasteiger partial charge in [-0.15, -0.1) is 0 Å². The molecule has 0 radical (unpaired) electrons. The zero-order valence-corrected chi connectivity index (χ0v) is 15.4. The minimum atomic E-state index is 0.144. The Morgan fingerprint density at radius 3 is 2.12 bits per heavy atom. The molecule has 5 heteroatoms. The third-order valence-corrected chi connectivity index (χ3v) is 4.80. The molecule has 0 spiro atoms. The van der Waals surface area contributed by atoms with E-state index in [0.717, 1.165) is 42.7 Å². The molecule has 1 aliphatic carbocycles. The summed E-state index contributed by atoms with van der Waals surface area (Å²) in [4.78, 5) is 12.3. The first-order valence-corrected chi connectivity index (χ1v) is 9.09. The van der Waals surface area contributed by atoms with E-state index >= 15 is 0 Å². The molecule has 5 nitrogen and oxygen atoms in total. The minimum Gasteiger partial charge on any atom is -0.493 e. The van der Waals surface area contributed by atoms with Crippen molar-refractivity contribution in [1.29, 1.82) is 0 Å². The van der Waals surface area contributed by atoms with Crippen LogP contribution >= 0.6 is 0 Å². The average Bonchev–Trinajstić information content (AvgIpc) is 2.70. The monoisotopic (exact) mass is 354 g/mol. The molecule has 0 saturated heterocycles. The van der Waals surface area contributed by atoms with E-state index in [1.165, 1.54) is 6.42 Å². The van der Waals surface area contributed by atoms with Gasteiger partial charge in [-0.05, 0) is 49.2 Å². The number of hydrogen-bond donors (Lipinski definition) is 2. The van der Waals surface area contributed by atoms with Crippen molar-refractivity contribution < 1.29 is 14.3 Å². The number of hydrogen-bond acceptors (Lipinski definition) is 4. The molecule has 26 heavy (non-hydrogen) atoms.